The van der Waals surface area contributed by atoms with Crippen LogP contribution in [0.1, 0.15) is 0 Å². The zero-order valence-corrected chi connectivity index (χ0v) is 12.6. The Kier molecular flexibility index (Phi) is 2.81. The van der Waals surface area contributed by atoms with E-state index in [1.165, 1.54) is 24.3 Å². The monoisotopic (exact) mass is 331 g/mol. The van der Waals surface area contributed by atoms with Gasteiger partial charge in [0.1, 0.15) is 5.82 Å². The number of imide groups is 1. The van der Waals surface area contributed by atoms with Crippen LogP contribution in [0.15, 0.2) is 36.4 Å². The van der Waals surface area contributed by atoms with Crippen molar-refractivity contribution in [2.24, 2.45) is 11.8 Å². The maximum atomic E-state index is 13.1. The normalized spacial score (nSPS) is 37.7. The molecule has 1 aromatic carbocycles. The third kappa shape index (κ3) is 1.64. The molecule has 3 saturated heterocycles. The lowest BCUT2D eigenvalue weighted by molar-refractivity contribution is -0.180. The zero-order chi connectivity index (χ0) is 16.5. The van der Waals surface area contributed by atoms with Crippen molar-refractivity contribution in [3.05, 3.63) is 42.2 Å². The van der Waals surface area contributed by atoms with Crippen molar-refractivity contribution in [1.29, 1.82) is 0 Å². The molecule has 7 heteroatoms. The summed E-state index contributed by atoms with van der Waals surface area (Å²) in [5, 5.41) is 0. The standard InChI is InChI=1S/C17H14FNO5/c18-9-1-3-10(4-2-9)19-14(20)12-11-5-6-17(24-11,13(12)15(19)21)16-22-7-8-23-16/h1-6,11-13,16H,7-8H2/t11-,12+,13+,17-/m1/s1. The summed E-state index contributed by atoms with van der Waals surface area (Å²) < 4.78 is 30.3. The number of ether oxygens (including phenoxy) is 3. The number of carbonyl (C=O) groups is 2. The molecule has 2 amide bonds. The van der Waals surface area contributed by atoms with Gasteiger partial charge in [0.15, 0.2) is 11.9 Å². The van der Waals surface area contributed by atoms with Gasteiger partial charge in [-0.15, -0.1) is 0 Å². The van der Waals surface area contributed by atoms with Gasteiger partial charge in [-0.05, 0) is 30.3 Å². The van der Waals surface area contributed by atoms with Gasteiger partial charge in [0, 0.05) is 0 Å². The third-order valence-corrected chi connectivity index (χ3v) is 5.15. The predicted molar refractivity (Wildman–Crippen MR) is 78.3 cm³/mol. The van der Waals surface area contributed by atoms with Crippen LogP contribution in [0, 0.1) is 17.7 Å². The van der Waals surface area contributed by atoms with E-state index < -0.39 is 35.6 Å². The van der Waals surface area contributed by atoms with Crippen LogP contribution in [0.4, 0.5) is 10.1 Å². The number of benzene rings is 1. The van der Waals surface area contributed by atoms with Gasteiger partial charge in [-0.3, -0.25) is 9.59 Å². The lowest BCUT2D eigenvalue weighted by atomic mass is 9.76. The minimum Gasteiger partial charge on any atom is -0.357 e. The number of halogens is 1. The van der Waals surface area contributed by atoms with Gasteiger partial charge in [0.2, 0.25) is 11.8 Å². The number of carbonyl (C=O) groups excluding carboxylic acids is 2. The van der Waals surface area contributed by atoms with Gasteiger partial charge in [0.05, 0.1) is 36.8 Å². The molecule has 24 heavy (non-hydrogen) atoms. The first-order chi connectivity index (χ1) is 11.6. The van der Waals surface area contributed by atoms with Crippen molar-refractivity contribution in [1.82, 2.24) is 0 Å². The van der Waals surface area contributed by atoms with E-state index in [9.17, 15) is 14.0 Å². The minimum atomic E-state index is -1.06. The number of hydrogen-bond acceptors (Lipinski definition) is 5. The third-order valence-electron chi connectivity index (χ3n) is 5.15. The first-order valence-electron chi connectivity index (χ1n) is 7.85. The topological polar surface area (TPSA) is 65.1 Å². The smallest absolute Gasteiger partial charge is 0.241 e. The zero-order valence-electron chi connectivity index (χ0n) is 12.6. The fraction of sp³-hybridized carbons (Fsp3) is 0.412. The molecular weight excluding hydrogens is 317 g/mol. The maximum Gasteiger partial charge on any atom is 0.241 e. The first kappa shape index (κ1) is 14.3. The lowest BCUT2D eigenvalue weighted by Gasteiger charge is -2.32. The highest BCUT2D eigenvalue weighted by Gasteiger charge is 2.71. The molecule has 0 spiro atoms. The first-order valence-corrected chi connectivity index (χ1v) is 7.85. The number of amides is 2. The summed E-state index contributed by atoms with van der Waals surface area (Å²) in [5.41, 5.74) is -0.698. The van der Waals surface area contributed by atoms with Crippen molar-refractivity contribution in [2.45, 2.75) is 18.0 Å². The van der Waals surface area contributed by atoms with Gasteiger partial charge in [0.25, 0.3) is 0 Å². The second kappa shape index (κ2) is 4.72. The van der Waals surface area contributed by atoms with Gasteiger partial charge < -0.3 is 14.2 Å². The molecule has 0 N–H and O–H groups in total. The van der Waals surface area contributed by atoms with E-state index in [0.717, 1.165) is 4.90 Å². The van der Waals surface area contributed by atoms with E-state index in [2.05, 4.69) is 0 Å². The highest BCUT2D eigenvalue weighted by atomic mass is 19.1. The SMILES string of the molecule is O=C1[C@@H]2[C@@H](C(=O)N1c1ccc(F)cc1)[C@@]1(C3OCCO3)C=C[C@H]2O1. The molecule has 5 rings (SSSR count). The van der Waals surface area contributed by atoms with Crippen LogP contribution in [0.2, 0.25) is 0 Å². The summed E-state index contributed by atoms with van der Waals surface area (Å²) in [5.74, 6) is -2.39. The number of fused-ring (bicyclic) bond motifs is 5. The molecule has 0 aliphatic carbocycles. The largest absolute Gasteiger partial charge is 0.357 e. The second-order valence-corrected chi connectivity index (χ2v) is 6.36. The Bertz CT molecular complexity index is 757. The summed E-state index contributed by atoms with van der Waals surface area (Å²) in [6, 6.07) is 5.31. The molecule has 0 radical (unpaired) electrons. The highest BCUT2D eigenvalue weighted by Crippen LogP contribution is 2.55. The van der Waals surface area contributed by atoms with Crippen LogP contribution in [0.25, 0.3) is 0 Å². The summed E-state index contributed by atoms with van der Waals surface area (Å²) in [7, 11) is 0. The average molecular weight is 331 g/mol. The Morgan fingerprint density at radius 3 is 2.50 bits per heavy atom. The minimum absolute atomic E-state index is 0.328. The van der Waals surface area contributed by atoms with E-state index in [4.69, 9.17) is 14.2 Å². The Hall–Kier alpha value is -2.09. The van der Waals surface area contributed by atoms with Crippen molar-refractivity contribution in [2.75, 3.05) is 18.1 Å². The average Bonchev–Trinajstić information content (AvgIpc) is 3.33. The Morgan fingerprint density at radius 1 is 1.08 bits per heavy atom. The van der Waals surface area contributed by atoms with Crippen molar-refractivity contribution < 1.29 is 28.2 Å². The van der Waals surface area contributed by atoms with E-state index in [-0.39, 0.29) is 11.8 Å². The fourth-order valence-corrected chi connectivity index (χ4v) is 4.17. The fourth-order valence-electron chi connectivity index (χ4n) is 4.17. The van der Waals surface area contributed by atoms with Crippen molar-refractivity contribution >= 4 is 17.5 Å². The van der Waals surface area contributed by atoms with E-state index in [1.54, 1.807) is 12.2 Å². The molecule has 2 bridgehead atoms. The number of anilines is 1. The molecular formula is C17H14FNO5. The van der Waals surface area contributed by atoms with Crippen molar-refractivity contribution in [3.63, 3.8) is 0 Å². The molecule has 4 heterocycles. The number of nitrogens with zero attached hydrogens (tertiary/aromatic N) is 1. The van der Waals surface area contributed by atoms with Gasteiger partial charge in [-0.1, -0.05) is 6.08 Å². The number of hydrogen-bond donors (Lipinski definition) is 0. The maximum absolute atomic E-state index is 13.1. The molecule has 124 valence electrons. The van der Waals surface area contributed by atoms with Crippen LogP contribution in [0.5, 0.6) is 0 Å². The van der Waals surface area contributed by atoms with Gasteiger partial charge in [-0.25, -0.2) is 9.29 Å². The van der Waals surface area contributed by atoms with Gasteiger partial charge >= 0.3 is 0 Å². The molecule has 3 fully saturated rings. The molecule has 4 atom stereocenters. The molecule has 0 unspecified atom stereocenters. The van der Waals surface area contributed by atoms with E-state index in [0.29, 0.717) is 18.9 Å². The number of rotatable bonds is 2. The predicted octanol–water partition coefficient (Wildman–Crippen LogP) is 1.01. The molecule has 0 saturated carbocycles. The Labute approximate surface area is 136 Å². The molecule has 0 aromatic heterocycles. The van der Waals surface area contributed by atoms with E-state index >= 15 is 0 Å². The Morgan fingerprint density at radius 2 is 1.79 bits per heavy atom. The van der Waals surface area contributed by atoms with Crippen LogP contribution in [-0.2, 0) is 23.8 Å². The molecule has 4 aliphatic heterocycles. The molecule has 4 aliphatic rings. The van der Waals surface area contributed by atoms with E-state index in [1.807, 2.05) is 0 Å². The van der Waals surface area contributed by atoms with Crippen LogP contribution < -0.4 is 4.90 Å². The quantitative estimate of drug-likeness (QED) is 0.598. The summed E-state index contributed by atoms with van der Waals surface area (Å²) >= 11 is 0. The second-order valence-electron chi connectivity index (χ2n) is 6.36. The van der Waals surface area contributed by atoms with Crippen LogP contribution in [0.3, 0.4) is 0 Å². The van der Waals surface area contributed by atoms with Crippen LogP contribution in [-0.4, -0.2) is 43.0 Å². The summed E-state index contributed by atoms with van der Waals surface area (Å²) in [4.78, 5) is 27.0. The molecule has 6 nitrogen and oxygen atoms in total. The van der Waals surface area contributed by atoms with Crippen LogP contribution >= 0.6 is 0 Å². The van der Waals surface area contributed by atoms with Crippen molar-refractivity contribution in [3.8, 4) is 0 Å². The van der Waals surface area contributed by atoms with Gasteiger partial charge in [-0.2, -0.15) is 0 Å². The summed E-state index contributed by atoms with van der Waals surface area (Å²) in [6.45, 7) is 0.852. The summed E-state index contributed by atoms with van der Waals surface area (Å²) in [6.07, 6.45) is 2.42. The Balaban J connectivity index is 1.56. The lowest BCUT2D eigenvalue weighted by Crippen LogP contribution is -2.49. The highest BCUT2D eigenvalue weighted by molar-refractivity contribution is 6.23. The molecule has 1 aromatic rings.